The number of nitrogens with zero attached hydrogens (tertiary/aromatic N) is 5. The number of piperidine rings is 1. The molecule has 0 saturated carbocycles. The molecule has 0 aliphatic carbocycles. The summed E-state index contributed by atoms with van der Waals surface area (Å²) in [7, 11) is 0. The lowest BCUT2D eigenvalue weighted by Gasteiger charge is -2.32. The first kappa shape index (κ1) is 17.5. The highest BCUT2D eigenvalue weighted by atomic mass is 16.4. The van der Waals surface area contributed by atoms with E-state index in [4.69, 9.17) is 5.11 Å². The first-order valence-corrected chi connectivity index (χ1v) is 8.80. The third-order valence-corrected chi connectivity index (χ3v) is 4.59. The molecule has 134 valence electrons. The molecular weight excluding hydrogens is 318 g/mol. The van der Waals surface area contributed by atoms with Gasteiger partial charge in [-0.05, 0) is 31.5 Å². The molecule has 0 amide bonds. The second kappa shape index (κ2) is 7.74. The van der Waals surface area contributed by atoms with Gasteiger partial charge in [-0.2, -0.15) is 5.10 Å². The second-order valence-corrected chi connectivity index (χ2v) is 6.94. The zero-order chi connectivity index (χ0) is 17.8. The molecule has 3 heterocycles. The molecule has 1 saturated heterocycles. The lowest BCUT2D eigenvalue weighted by molar-refractivity contribution is -0.137. The maximum absolute atomic E-state index is 11.0. The van der Waals surface area contributed by atoms with Gasteiger partial charge in [-0.15, -0.1) is 0 Å². The highest BCUT2D eigenvalue weighted by Gasteiger charge is 2.25. The van der Waals surface area contributed by atoms with Crippen molar-refractivity contribution in [3.63, 3.8) is 0 Å². The molecule has 1 fully saturated rings. The SMILES string of the molecule is CC(C)c1nccc(CN2CCC[C@H](c3ccnn3CC(=O)O)C2)n1. The molecule has 7 heteroatoms. The van der Waals surface area contributed by atoms with Gasteiger partial charge < -0.3 is 5.11 Å². The number of aromatic nitrogens is 4. The van der Waals surface area contributed by atoms with E-state index in [-0.39, 0.29) is 6.54 Å². The Hall–Kier alpha value is -2.28. The molecular formula is C18H25N5O2. The van der Waals surface area contributed by atoms with Crippen LogP contribution in [0.2, 0.25) is 0 Å². The average molecular weight is 343 g/mol. The molecule has 0 spiro atoms. The van der Waals surface area contributed by atoms with Gasteiger partial charge in [0.15, 0.2) is 0 Å². The first-order valence-electron chi connectivity index (χ1n) is 8.80. The number of aliphatic carboxylic acids is 1. The maximum Gasteiger partial charge on any atom is 0.325 e. The van der Waals surface area contributed by atoms with Crippen molar-refractivity contribution in [2.45, 2.75) is 51.6 Å². The molecule has 1 N–H and O–H groups in total. The lowest BCUT2D eigenvalue weighted by atomic mass is 9.94. The van der Waals surface area contributed by atoms with E-state index >= 15 is 0 Å². The second-order valence-electron chi connectivity index (χ2n) is 6.94. The smallest absolute Gasteiger partial charge is 0.325 e. The Kier molecular flexibility index (Phi) is 5.43. The molecule has 0 aromatic carbocycles. The molecule has 1 atom stereocenters. The third-order valence-electron chi connectivity index (χ3n) is 4.59. The predicted molar refractivity (Wildman–Crippen MR) is 93.2 cm³/mol. The molecule has 2 aromatic rings. The van der Waals surface area contributed by atoms with Crippen molar-refractivity contribution >= 4 is 5.97 Å². The van der Waals surface area contributed by atoms with E-state index in [1.165, 1.54) is 0 Å². The fraction of sp³-hybridized carbons (Fsp3) is 0.556. The van der Waals surface area contributed by atoms with Crippen molar-refractivity contribution in [2.75, 3.05) is 13.1 Å². The number of carboxylic acids is 1. The normalized spacial score (nSPS) is 18.6. The van der Waals surface area contributed by atoms with Crippen molar-refractivity contribution in [3.8, 4) is 0 Å². The largest absolute Gasteiger partial charge is 0.480 e. The van der Waals surface area contributed by atoms with Crippen LogP contribution < -0.4 is 0 Å². The quantitative estimate of drug-likeness (QED) is 0.866. The zero-order valence-corrected chi connectivity index (χ0v) is 14.8. The highest BCUT2D eigenvalue weighted by molar-refractivity contribution is 5.66. The topological polar surface area (TPSA) is 84.1 Å². The molecule has 0 unspecified atom stereocenters. The number of hydrogen-bond acceptors (Lipinski definition) is 5. The van der Waals surface area contributed by atoms with Gasteiger partial charge in [-0.25, -0.2) is 9.97 Å². The van der Waals surface area contributed by atoms with Crippen molar-refractivity contribution in [1.82, 2.24) is 24.6 Å². The number of hydrogen-bond donors (Lipinski definition) is 1. The van der Waals surface area contributed by atoms with Crippen LogP contribution in [0.15, 0.2) is 24.5 Å². The maximum atomic E-state index is 11.0. The summed E-state index contributed by atoms with van der Waals surface area (Å²) < 4.78 is 1.61. The summed E-state index contributed by atoms with van der Waals surface area (Å²) in [4.78, 5) is 22.4. The number of likely N-dealkylation sites (tertiary alicyclic amines) is 1. The van der Waals surface area contributed by atoms with Crippen LogP contribution in [0.5, 0.6) is 0 Å². The van der Waals surface area contributed by atoms with E-state index in [0.29, 0.717) is 11.8 Å². The molecule has 3 rings (SSSR count). The van der Waals surface area contributed by atoms with Gasteiger partial charge in [0.1, 0.15) is 12.4 Å². The van der Waals surface area contributed by atoms with Crippen LogP contribution in [-0.4, -0.2) is 48.8 Å². The van der Waals surface area contributed by atoms with E-state index in [0.717, 1.165) is 49.7 Å². The van der Waals surface area contributed by atoms with Gasteiger partial charge in [0, 0.05) is 43.0 Å². The monoisotopic (exact) mass is 343 g/mol. The standard InChI is InChI=1S/C18H25N5O2/c1-13(2)18-19-7-5-15(21-18)11-22-9-3-4-14(10-22)16-6-8-20-23(16)12-17(24)25/h5-8,13-14H,3-4,9-12H2,1-2H3,(H,24,25)/t14-/m0/s1. The molecule has 2 aromatic heterocycles. The molecule has 0 radical (unpaired) electrons. The van der Waals surface area contributed by atoms with Crippen LogP contribution in [0.4, 0.5) is 0 Å². The van der Waals surface area contributed by atoms with Crippen molar-refractivity contribution in [2.24, 2.45) is 0 Å². The fourth-order valence-electron chi connectivity index (χ4n) is 3.40. The Balaban J connectivity index is 1.68. The molecule has 1 aliphatic rings. The van der Waals surface area contributed by atoms with Crippen LogP contribution in [0.3, 0.4) is 0 Å². The molecule has 25 heavy (non-hydrogen) atoms. The highest BCUT2D eigenvalue weighted by Crippen LogP contribution is 2.27. The van der Waals surface area contributed by atoms with Gasteiger partial charge in [0.2, 0.25) is 0 Å². The van der Waals surface area contributed by atoms with Crippen molar-refractivity contribution in [1.29, 1.82) is 0 Å². The number of carboxylic acid groups (broad SMARTS) is 1. The lowest BCUT2D eigenvalue weighted by Crippen LogP contribution is -2.35. The Morgan fingerprint density at radius 3 is 2.96 bits per heavy atom. The van der Waals surface area contributed by atoms with E-state index < -0.39 is 5.97 Å². The van der Waals surface area contributed by atoms with Gasteiger partial charge in [0.05, 0.1) is 5.69 Å². The third kappa shape index (κ3) is 4.42. The van der Waals surface area contributed by atoms with Crippen LogP contribution in [0.25, 0.3) is 0 Å². The first-order chi connectivity index (χ1) is 12.0. The number of carbonyl (C=O) groups is 1. The van der Waals surface area contributed by atoms with Crippen LogP contribution in [0.1, 0.15) is 55.7 Å². The van der Waals surface area contributed by atoms with E-state index in [2.05, 4.69) is 33.8 Å². The Labute approximate surface area is 147 Å². The van der Waals surface area contributed by atoms with Gasteiger partial charge in [-0.1, -0.05) is 13.8 Å². The molecule has 7 nitrogen and oxygen atoms in total. The minimum Gasteiger partial charge on any atom is -0.480 e. The minimum absolute atomic E-state index is 0.0809. The summed E-state index contributed by atoms with van der Waals surface area (Å²) in [5, 5.41) is 13.2. The van der Waals surface area contributed by atoms with E-state index in [1.807, 2.05) is 18.3 Å². The summed E-state index contributed by atoms with van der Waals surface area (Å²) in [5.74, 6) is 0.645. The Morgan fingerprint density at radius 2 is 2.20 bits per heavy atom. The van der Waals surface area contributed by atoms with Crippen molar-refractivity contribution in [3.05, 3.63) is 41.7 Å². The van der Waals surface area contributed by atoms with Crippen LogP contribution in [0, 0.1) is 0 Å². The summed E-state index contributed by atoms with van der Waals surface area (Å²) in [6, 6.07) is 3.92. The average Bonchev–Trinajstić information content (AvgIpc) is 3.02. The van der Waals surface area contributed by atoms with Gasteiger partial charge >= 0.3 is 5.97 Å². The van der Waals surface area contributed by atoms with E-state index in [1.54, 1.807) is 10.9 Å². The van der Waals surface area contributed by atoms with Crippen molar-refractivity contribution < 1.29 is 9.90 Å². The van der Waals surface area contributed by atoms with Gasteiger partial charge in [0.25, 0.3) is 0 Å². The van der Waals surface area contributed by atoms with Gasteiger partial charge in [-0.3, -0.25) is 14.4 Å². The predicted octanol–water partition coefficient (Wildman–Crippen LogP) is 2.26. The zero-order valence-electron chi connectivity index (χ0n) is 14.8. The summed E-state index contributed by atoms with van der Waals surface area (Å²) in [6.45, 7) is 6.84. The molecule has 0 bridgehead atoms. The summed E-state index contributed by atoms with van der Waals surface area (Å²) >= 11 is 0. The van der Waals surface area contributed by atoms with Crippen LogP contribution >= 0.6 is 0 Å². The summed E-state index contributed by atoms with van der Waals surface area (Å²) in [6.07, 6.45) is 5.67. The van der Waals surface area contributed by atoms with Crippen LogP contribution in [-0.2, 0) is 17.9 Å². The summed E-state index contributed by atoms with van der Waals surface area (Å²) in [5.41, 5.74) is 2.05. The minimum atomic E-state index is -0.861. The Morgan fingerprint density at radius 1 is 1.36 bits per heavy atom. The molecule has 1 aliphatic heterocycles. The Bertz CT molecular complexity index is 728. The fourth-order valence-corrected chi connectivity index (χ4v) is 3.40. The number of rotatable bonds is 6. The van der Waals surface area contributed by atoms with E-state index in [9.17, 15) is 4.79 Å².